The van der Waals surface area contributed by atoms with Gasteiger partial charge >= 0.3 is 5.97 Å². The van der Waals surface area contributed by atoms with Gasteiger partial charge in [-0.2, -0.15) is 0 Å². The minimum absolute atomic E-state index is 0.108. The van der Waals surface area contributed by atoms with Crippen molar-refractivity contribution >= 4 is 11.9 Å². The van der Waals surface area contributed by atoms with E-state index in [1.807, 2.05) is 0 Å². The van der Waals surface area contributed by atoms with Crippen molar-refractivity contribution in [3.8, 4) is 0 Å². The molecule has 1 heterocycles. The van der Waals surface area contributed by atoms with Crippen molar-refractivity contribution in [1.29, 1.82) is 0 Å². The summed E-state index contributed by atoms with van der Waals surface area (Å²) in [5, 5.41) is 11.4. The molecule has 0 bridgehead atoms. The van der Waals surface area contributed by atoms with E-state index < -0.39 is 5.97 Å². The van der Waals surface area contributed by atoms with Crippen molar-refractivity contribution in [3.63, 3.8) is 0 Å². The maximum Gasteiger partial charge on any atom is 0.356 e. The molecule has 1 fully saturated rings. The molecule has 1 aromatic rings. The highest BCUT2D eigenvalue weighted by Gasteiger charge is 2.15. The summed E-state index contributed by atoms with van der Waals surface area (Å²) >= 11 is 0. The van der Waals surface area contributed by atoms with Crippen molar-refractivity contribution in [3.05, 3.63) is 23.8 Å². The van der Waals surface area contributed by atoms with Gasteiger partial charge in [0.25, 0.3) is 5.91 Å². The maximum absolute atomic E-state index is 11.7. The van der Waals surface area contributed by atoms with Crippen LogP contribution in [-0.2, 0) is 4.74 Å². The van der Waals surface area contributed by atoms with Gasteiger partial charge in [-0.1, -0.05) is 12.8 Å². The molecule has 2 rings (SSSR count). The Bertz CT molecular complexity index is 483. The Morgan fingerprint density at radius 1 is 1.24 bits per heavy atom. The number of carboxylic acids is 1. The number of amides is 1. The molecule has 0 aromatic carbocycles. The predicted molar refractivity (Wildman–Crippen MR) is 74.1 cm³/mol. The normalized spacial score (nSPS) is 15.0. The Morgan fingerprint density at radius 2 is 1.90 bits per heavy atom. The fourth-order valence-electron chi connectivity index (χ4n) is 2.23. The van der Waals surface area contributed by atoms with Crippen molar-refractivity contribution in [1.82, 2.24) is 15.3 Å². The molecule has 21 heavy (non-hydrogen) atoms. The Kier molecular flexibility index (Phi) is 5.62. The van der Waals surface area contributed by atoms with Crippen LogP contribution in [-0.4, -0.2) is 46.2 Å². The second-order valence-electron chi connectivity index (χ2n) is 4.98. The van der Waals surface area contributed by atoms with Crippen molar-refractivity contribution in [2.75, 3.05) is 13.2 Å². The van der Waals surface area contributed by atoms with E-state index in [9.17, 15) is 9.59 Å². The lowest BCUT2D eigenvalue weighted by molar-refractivity contribution is 0.0565. The number of hydrogen-bond donors (Lipinski definition) is 2. The van der Waals surface area contributed by atoms with Gasteiger partial charge in [0.15, 0.2) is 5.69 Å². The van der Waals surface area contributed by atoms with E-state index in [0.29, 0.717) is 19.3 Å². The molecular formula is C14H19N3O4. The zero-order valence-electron chi connectivity index (χ0n) is 11.7. The molecular weight excluding hydrogens is 274 g/mol. The van der Waals surface area contributed by atoms with Crippen LogP contribution >= 0.6 is 0 Å². The van der Waals surface area contributed by atoms with Crippen molar-refractivity contribution in [2.45, 2.75) is 38.2 Å². The van der Waals surface area contributed by atoms with E-state index in [1.54, 1.807) is 0 Å². The Balaban J connectivity index is 1.65. The number of carbonyl (C=O) groups is 2. The fourth-order valence-corrected chi connectivity index (χ4v) is 2.23. The highest BCUT2D eigenvalue weighted by atomic mass is 16.5. The first kappa shape index (κ1) is 15.4. The first-order valence-electron chi connectivity index (χ1n) is 7.12. The van der Waals surface area contributed by atoms with E-state index in [1.165, 1.54) is 12.8 Å². The molecule has 0 saturated heterocycles. The molecule has 2 N–H and O–H groups in total. The number of ether oxygens (including phenoxy) is 1. The third-order valence-corrected chi connectivity index (χ3v) is 3.37. The number of aromatic nitrogens is 2. The third-order valence-electron chi connectivity index (χ3n) is 3.37. The molecule has 114 valence electrons. The summed E-state index contributed by atoms with van der Waals surface area (Å²) < 4.78 is 5.69. The number of carboxylic acid groups (broad SMARTS) is 1. The van der Waals surface area contributed by atoms with Gasteiger partial charge in [-0.05, 0) is 19.3 Å². The average Bonchev–Trinajstić information content (AvgIpc) is 3.00. The average molecular weight is 293 g/mol. The van der Waals surface area contributed by atoms with Crippen molar-refractivity contribution in [2.24, 2.45) is 0 Å². The van der Waals surface area contributed by atoms with Gasteiger partial charge in [0.2, 0.25) is 0 Å². The zero-order chi connectivity index (χ0) is 15.1. The molecule has 0 radical (unpaired) electrons. The lowest BCUT2D eigenvalue weighted by Gasteiger charge is -2.11. The van der Waals surface area contributed by atoms with Gasteiger partial charge in [0.1, 0.15) is 5.69 Å². The van der Waals surface area contributed by atoms with E-state index >= 15 is 0 Å². The summed E-state index contributed by atoms with van der Waals surface area (Å²) in [5.41, 5.74) is -0.0757. The number of hydrogen-bond acceptors (Lipinski definition) is 5. The highest BCUT2D eigenvalue weighted by Crippen LogP contribution is 2.20. The lowest BCUT2D eigenvalue weighted by atomic mass is 10.3. The Labute approximate surface area is 122 Å². The van der Waals surface area contributed by atoms with Gasteiger partial charge < -0.3 is 15.2 Å². The maximum atomic E-state index is 11.7. The number of aromatic carboxylic acids is 1. The van der Waals surface area contributed by atoms with Gasteiger partial charge in [-0.3, -0.25) is 4.79 Å². The van der Waals surface area contributed by atoms with E-state index in [0.717, 1.165) is 31.7 Å². The molecule has 0 unspecified atom stereocenters. The molecule has 1 aromatic heterocycles. The SMILES string of the molecule is O=C(O)c1cnc(C(=O)NCCCOC2CCCC2)cn1. The smallest absolute Gasteiger partial charge is 0.356 e. The van der Waals surface area contributed by atoms with Crippen LogP contribution in [0.4, 0.5) is 0 Å². The third kappa shape index (κ3) is 4.78. The Morgan fingerprint density at radius 3 is 2.52 bits per heavy atom. The Hall–Kier alpha value is -2.02. The molecule has 7 heteroatoms. The first-order valence-corrected chi connectivity index (χ1v) is 7.12. The first-order chi connectivity index (χ1) is 10.2. The van der Waals surface area contributed by atoms with E-state index in [2.05, 4.69) is 15.3 Å². The zero-order valence-corrected chi connectivity index (χ0v) is 11.7. The van der Waals surface area contributed by atoms with Crippen LogP contribution in [0.3, 0.4) is 0 Å². The van der Waals surface area contributed by atoms with Crippen LogP contribution in [0.2, 0.25) is 0 Å². The van der Waals surface area contributed by atoms with Gasteiger partial charge in [-0.15, -0.1) is 0 Å². The summed E-state index contributed by atoms with van der Waals surface area (Å²) in [7, 11) is 0. The standard InChI is InChI=1S/C14H19N3O4/c18-13(11-8-17-12(9-16-11)14(19)20)15-6-3-7-21-10-4-1-2-5-10/h8-10H,1-7H2,(H,15,18)(H,19,20). The molecule has 0 aliphatic heterocycles. The molecule has 0 spiro atoms. The molecule has 0 atom stereocenters. The predicted octanol–water partition coefficient (Wildman–Crippen LogP) is 1.25. The molecule has 1 amide bonds. The number of rotatable bonds is 7. The minimum Gasteiger partial charge on any atom is -0.476 e. The van der Waals surface area contributed by atoms with Crippen LogP contribution in [0.25, 0.3) is 0 Å². The molecule has 1 aliphatic rings. The van der Waals surface area contributed by atoms with Crippen LogP contribution in [0, 0.1) is 0 Å². The fraction of sp³-hybridized carbons (Fsp3) is 0.571. The van der Waals surface area contributed by atoms with Gasteiger partial charge in [0, 0.05) is 13.2 Å². The second kappa shape index (κ2) is 7.68. The van der Waals surface area contributed by atoms with Crippen LogP contribution in [0.15, 0.2) is 12.4 Å². The number of carbonyl (C=O) groups excluding carboxylic acids is 1. The van der Waals surface area contributed by atoms with Gasteiger partial charge in [-0.25, -0.2) is 14.8 Å². The molecule has 1 saturated carbocycles. The number of nitrogens with one attached hydrogen (secondary N) is 1. The lowest BCUT2D eigenvalue weighted by Crippen LogP contribution is -2.26. The van der Waals surface area contributed by atoms with E-state index in [4.69, 9.17) is 9.84 Å². The summed E-state index contributed by atoms with van der Waals surface area (Å²) in [6, 6.07) is 0. The van der Waals surface area contributed by atoms with Crippen molar-refractivity contribution < 1.29 is 19.4 Å². The molecule has 7 nitrogen and oxygen atoms in total. The number of nitrogens with zero attached hydrogens (tertiary/aromatic N) is 2. The summed E-state index contributed by atoms with van der Waals surface area (Å²) in [6.45, 7) is 1.13. The summed E-state index contributed by atoms with van der Waals surface area (Å²) in [4.78, 5) is 29.8. The van der Waals surface area contributed by atoms with Crippen LogP contribution in [0.1, 0.15) is 53.1 Å². The monoisotopic (exact) mass is 293 g/mol. The topological polar surface area (TPSA) is 101 Å². The highest BCUT2D eigenvalue weighted by molar-refractivity contribution is 5.92. The van der Waals surface area contributed by atoms with E-state index in [-0.39, 0.29) is 17.3 Å². The second-order valence-corrected chi connectivity index (χ2v) is 4.98. The summed E-state index contributed by atoms with van der Waals surface area (Å²) in [5.74, 6) is -1.53. The van der Waals surface area contributed by atoms with Gasteiger partial charge in [0.05, 0.1) is 18.5 Å². The molecule has 1 aliphatic carbocycles. The van der Waals surface area contributed by atoms with Crippen LogP contribution < -0.4 is 5.32 Å². The quantitative estimate of drug-likeness (QED) is 0.734. The van der Waals surface area contributed by atoms with Crippen LogP contribution in [0.5, 0.6) is 0 Å². The largest absolute Gasteiger partial charge is 0.476 e. The summed E-state index contributed by atoms with van der Waals surface area (Å²) in [6.07, 6.45) is 8.11. The minimum atomic E-state index is -1.17.